The summed E-state index contributed by atoms with van der Waals surface area (Å²) >= 11 is 0. The van der Waals surface area contributed by atoms with E-state index in [-0.39, 0.29) is 22.7 Å². The van der Waals surface area contributed by atoms with Gasteiger partial charge in [0.05, 0.1) is 13.2 Å². The van der Waals surface area contributed by atoms with E-state index < -0.39 is 103 Å². The number of aromatic hydroxyl groups is 3. The van der Waals surface area contributed by atoms with Crippen molar-refractivity contribution in [2.45, 2.75) is 61.4 Å². The van der Waals surface area contributed by atoms with Gasteiger partial charge in [0.1, 0.15) is 70.9 Å². The fourth-order valence-corrected chi connectivity index (χ4v) is 4.92. The van der Waals surface area contributed by atoms with Crippen LogP contribution in [0.2, 0.25) is 0 Å². The number of hydrogen-bond donors (Lipinski definition) is 10. The van der Waals surface area contributed by atoms with Crippen LogP contribution < -0.4 is 10.2 Å². The van der Waals surface area contributed by atoms with Crippen LogP contribution in [0.5, 0.6) is 23.0 Å². The molecule has 0 amide bonds. The van der Waals surface area contributed by atoms with Gasteiger partial charge >= 0.3 is 0 Å². The minimum absolute atomic E-state index is 0.129. The molecule has 16 nitrogen and oxygen atoms in total. The Hall–Kier alpha value is -3.55. The Bertz CT molecular complexity index is 1490. The van der Waals surface area contributed by atoms with E-state index in [1.165, 1.54) is 24.3 Å². The third-order valence-electron chi connectivity index (χ3n) is 7.25. The van der Waals surface area contributed by atoms with Crippen LogP contribution in [0.25, 0.3) is 22.3 Å². The molecule has 3 aromatic rings. The zero-order valence-corrected chi connectivity index (χ0v) is 22.1. The SMILES string of the molecule is O=c1c(OC2O[C@H](CO)[C@@H](O)[C@H](O)[C@H]2OC2O[C@H](CO)[C@@H](O)[C@H](O)[C@H]2O)c(-c2ccc(O)cc2)oc2cc(O)cc(O)c12. The van der Waals surface area contributed by atoms with Gasteiger partial charge in [-0.15, -0.1) is 0 Å². The van der Waals surface area contributed by atoms with Crippen LogP contribution >= 0.6 is 0 Å². The molecule has 10 atom stereocenters. The second kappa shape index (κ2) is 12.2. The molecule has 3 heterocycles. The van der Waals surface area contributed by atoms with Crippen LogP contribution in [-0.2, 0) is 14.2 Å². The van der Waals surface area contributed by atoms with E-state index in [1.807, 2.05) is 0 Å². The number of phenolic OH excluding ortho intramolecular Hbond substituents is 3. The zero-order valence-electron chi connectivity index (χ0n) is 22.1. The first-order valence-electron chi connectivity index (χ1n) is 13.0. The van der Waals surface area contributed by atoms with Gasteiger partial charge in [-0.1, -0.05) is 0 Å². The van der Waals surface area contributed by atoms with Crippen molar-refractivity contribution < 1.29 is 74.4 Å². The Balaban J connectivity index is 1.60. The topological polar surface area (TPSA) is 269 Å². The first kappa shape index (κ1) is 30.9. The van der Waals surface area contributed by atoms with Gasteiger partial charge in [0.2, 0.25) is 17.5 Å². The van der Waals surface area contributed by atoms with E-state index in [4.69, 9.17) is 23.4 Å². The standard InChI is InChI=1S/C27H30O16/c28-7-14-17(33)20(36)22(38)26(40-14)43-25-21(37)18(34)15(8-29)41-27(25)42-24-19(35)16-12(32)5-11(31)6-13(16)39-23(24)9-1-3-10(30)4-2-9/h1-6,14-15,17-18,20-22,25-34,36-38H,7-8H2/t14-,15-,17-,18-,20+,21+,22-,25-,26?,27?/m1/s1. The predicted molar refractivity (Wildman–Crippen MR) is 140 cm³/mol. The summed E-state index contributed by atoms with van der Waals surface area (Å²) < 4.78 is 28.3. The summed E-state index contributed by atoms with van der Waals surface area (Å²) in [5.41, 5.74) is -1.07. The van der Waals surface area contributed by atoms with Crippen molar-refractivity contribution in [1.82, 2.24) is 0 Å². The molecule has 2 aliphatic heterocycles. The molecule has 1 aromatic heterocycles. The van der Waals surface area contributed by atoms with Gasteiger partial charge in [0.15, 0.2) is 18.2 Å². The zero-order chi connectivity index (χ0) is 31.2. The average Bonchev–Trinajstić information content (AvgIpc) is 2.97. The van der Waals surface area contributed by atoms with Crippen molar-refractivity contribution in [3.63, 3.8) is 0 Å². The lowest BCUT2D eigenvalue weighted by Gasteiger charge is -2.45. The first-order valence-corrected chi connectivity index (χ1v) is 13.0. The molecule has 0 radical (unpaired) electrons. The molecular weight excluding hydrogens is 580 g/mol. The van der Waals surface area contributed by atoms with Gasteiger partial charge in [-0.25, -0.2) is 0 Å². The molecule has 234 valence electrons. The highest BCUT2D eigenvalue weighted by Gasteiger charge is 2.51. The molecule has 5 rings (SSSR count). The van der Waals surface area contributed by atoms with Crippen molar-refractivity contribution >= 4 is 11.0 Å². The second-order valence-electron chi connectivity index (χ2n) is 10.1. The molecule has 2 aliphatic rings. The van der Waals surface area contributed by atoms with E-state index >= 15 is 0 Å². The van der Waals surface area contributed by atoms with Crippen LogP contribution in [0, 0.1) is 0 Å². The smallest absolute Gasteiger partial charge is 0.239 e. The van der Waals surface area contributed by atoms with Crippen molar-refractivity contribution in [2.75, 3.05) is 13.2 Å². The quantitative estimate of drug-likeness (QED) is 0.133. The number of aliphatic hydroxyl groups is 7. The highest BCUT2D eigenvalue weighted by Crippen LogP contribution is 2.38. The number of aliphatic hydroxyl groups excluding tert-OH is 7. The maximum absolute atomic E-state index is 13.7. The molecule has 43 heavy (non-hydrogen) atoms. The van der Waals surface area contributed by atoms with Gasteiger partial charge in [-0.2, -0.15) is 0 Å². The molecule has 0 spiro atoms. The minimum atomic E-state index is -1.93. The predicted octanol–water partition coefficient (Wildman–Crippen LogP) is -2.42. The molecule has 2 saturated heterocycles. The van der Waals surface area contributed by atoms with E-state index in [1.54, 1.807) is 0 Å². The number of rotatable bonds is 7. The van der Waals surface area contributed by atoms with E-state index in [0.29, 0.717) is 0 Å². The Kier molecular flexibility index (Phi) is 8.77. The third kappa shape index (κ3) is 5.73. The Morgan fingerprint density at radius 3 is 1.95 bits per heavy atom. The van der Waals surface area contributed by atoms with E-state index in [9.17, 15) is 55.9 Å². The van der Waals surface area contributed by atoms with Gasteiger partial charge in [-0.3, -0.25) is 4.79 Å². The van der Waals surface area contributed by atoms with Gasteiger partial charge in [0.25, 0.3) is 0 Å². The highest BCUT2D eigenvalue weighted by atomic mass is 16.8. The molecule has 2 unspecified atom stereocenters. The van der Waals surface area contributed by atoms with Gasteiger partial charge < -0.3 is 74.4 Å². The molecular formula is C27H30O16. The third-order valence-corrected chi connectivity index (χ3v) is 7.25. The average molecular weight is 611 g/mol. The second-order valence-corrected chi connectivity index (χ2v) is 10.1. The molecule has 0 saturated carbocycles. The molecule has 16 heteroatoms. The summed E-state index contributed by atoms with van der Waals surface area (Å²) in [4.78, 5) is 13.7. The monoisotopic (exact) mass is 610 g/mol. The van der Waals surface area contributed by atoms with E-state index in [0.717, 1.165) is 12.1 Å². The van der Waals surface area contributed by atoms with Crippen molar-refractivity contribution in [2.24, 2.45) is 0 Å². The largest absolute Gasteiger partial charge is 0.508 e. The molecule has 10 N–H and O–H groups in total. The van der Waals surface area contributed by atoms with Crippen LogP contribution in [-0.4, -0.2) is 126 Å². The summed E-state index contributed by atoms with van der Waals surface area (Å²) in [7, 11) is 0. The maximum Gasteiger partial charge on any atom is 0.239 e. The molecule has 0 aliphatic carbocycles. The number of hydrogen-bond acceptors (Lipinski definition) is 16. The normalized spacial score (nSPS) is 33.0. The van der Waals surface area contributed by atoms with Crippen LogP contribution in [0.15, 0.2) is 45.6 Å². The van der Waals surface area contributed by atoms with Gasteiger partial charge in [-0.05, 0) is 24.3 Å². The minimum Gasteiger partial charge on any atom is -0.508 e. The first-order chi connectivity index (χ1) is 20.4. The lowest BCUT2D eigenvalue weighted by molar-refractivity contribution is -0.358. The summed E-state index contributed by atoms with van der Waals surface area (Å²) in [6.07, 6.45) is -17.7. The lowest BCUT2D eigenvalue weighted by Crippen LogP contribution is -2.65. The Labute approximate surface area is 241 Å². The Morgan fingerprint density at radius 1 is 0.721 bits per heavy atom. The number of benzene rings is 2. The van der Waals surface area contributed by atoms with E-state index in [2.05, 4.69) is 0 Å². The summed E-state index contributed by atoms with van der Waals surface area (Å²) in [6, 6.07) is 7.20. The fourth-order valence-electron chi connectivity index (χ4n) is 4.92. The number of phenols is 3. The highest BCUT2D eigenvalue weighted by molar-refractivity contribution is 5.88. The lowest BCUT2D eigenvalue weighted by atomic mass is 9.97. The fraction of sp³-hybridized carbons (Fsp3) is 0.444. The molecule has 2 fully saturated rings. The maximum atomic E-state index is 13.7. The van der Waals surface area contributed by atoms with Crippen molar-refractivity contribution in [1.29, 1.82) is 0 Å². The Morgan fingerprint density at radius 2 is 1.33 bits per heavy atom. The summed E-state index contributed by atoms with van der Waals surface area (Å²) in [5, 5.41) is 101. The summed E-state index contributed by atoms with van der Waals surface area (Å²) in [6.45, 7) is -1.63. The van der Waals surface area contributed by atoms with Gasteiger partial charge in [0, 0.05) is 17.7 Å². The van der Waals surface area contributed by atoms with Crippen LogP contribution in [0.3, 0.4) is 0 Å². The van der Waals surface area contributed by atoms with Crippen molar-refractivity contribution in [3.8, 4) is 34.3 Å². The van der Waals surface area contributed by atoms with Crippen molar-refractivity contribution in [3.05, 3.63) is 46.6 Å². The summed E-state index contributed by atoms with van der Waals surface area (Å²) in [5.74, 6) is -2.15. The van der Waals surface area contributed by atoms with Crippen LogP contribution in [0.1, 0.15) is 0 Å². The molecule has 2 aromatic carbocycles. The van der Waals surface area contributed by atoms with Crippen LogP contribution in [0.4, 0.5) is 0 Å². The molecule has 0 bridgehead atoms. The number of fused-ring (bicyclic) bond motifs is 1. The number of ether oxygens (including phenoxy) is 4.